The number of aliphatic hydroxyl groups is 1. The summed E-state index contributed by atoms with van der Waals surface area (Å²) in [6.07, 6.45) is 1.94. The van der Waals surface area contributed by atoms with Crippen molar-refractivity contribution < 1.29 is 23.4 Å². The maximum Gasteiger partial charge on any atom is 0.126 e. The number of benzene rings is 2. The minimum absolute atomic E-state index is 0.0292. The van der Waals surface area contributed by atoms with Gasteiger partial charge in [-0.2, -0.15) is 0 Å². The van der Waals surface area contributed by atoms with Crippen LogP contribution in [0.25, 0.3) is 0 Å². The van der Waals surface area contributed by atoms with Crippen molar-refractivity contribution >= 4 is 0 Å². The molecule has 2 aromatic carbocycles. The van der Waals surface area contributed by atoms with E-state index in [1.54, 1.807) is 12.1 Å². The molecule has 2 aliphatic rings. The molecule has 155 valence electrons. The first kappa shape index (κ1) is 20.1. The Morgan fingerprint density at radius 3 is 2.10 bits per heavy atom. The number of fused-ring (bicyclic) bond motifs is 2. The minimum atomic E-state index is -0.698. The van der Waals surface area contributed by atoms with Crippen LogP contribution in [0, 0.1) is 17.6 Å². The molecule has 2 heterocycles. The van der Waals surface area contributed by atoms with Crippen molar-refractivity contribution in [1.82, 2.24) is 5.32 Å². The molecule has 0 saturated heterocycles. The molecule has 0 saturated carbocycles. The summed E-state index contributed by atoms with van der Waals surface area (Å²) in [5.41, 5.74) is 1.75. The molecule has 0 aliphatic carbocycles. The normalized spacial score (nSPS) is 22.6. The van der Waals surface area contributed by atoms with Crippen LogP contribution in [-0.2, 0) is 12.8 Å². The molecule has 0 amide bonds. The van der Waals surface area contributed by atoms with E-state index in [4.69, 9.17) is 9.47 Å². The zero-order valence-corrected chi connectivity index (χ0v) is 16.5. The van der Waals surface area contributed by atoms with E-state index in [0.717, 1.165) is 29.7 Å². The predicted molar refractivity (Wildman–Crippen MR) is 105 cm³/mol. The Bertz CT molecular complexity index is 791. The van der Waals surface area contributed by atoms with Gasteiger partial charge in [0.05, 0.1) is 0 Å². The van der Waals surface area contributed by atoms with E-state index in [1.165, 1.54) is 24.3 Å². The molecule has 6 heteroatoms. The van der Waals surface area contributed by atoms with Gasteiger partial charge in [0.1, 0.15) is 41.4 Å². The summed E-state index contributed by atoms with van der Waals surface area (Å²) in [4.78, 5) is 0. The first-order valence-electron chi connectivity index (χ1n) is 10.2. The van der Waals surface area contributed by atoms with Crippen molar-refractivity contribution in [2.75, 3.05) is 13.1 Å². The van der Waals surface area contributed by atoms with Gasteiger partial charge in [-0.05, 0) is 73.2 Å². The molecular weight excluding hydrogens is 376 g/mol. The Labute approximate surface area is 169 Å². The standard InChI is InChI=1S/C23H26F2NO3/c1-14(20-6-2-15-10-17(24)4-8-21(15)28-20)12-26-13-19(27)23-7-3-16-11-18(25)5-9-22(16)29-23/h4-5,8-11,14,19-20,23,27H,2-3,6-7,12-13H2,1H3/t14-,19-,20?,23+/m0/s1. The van der Waals surface area contributed by atoms with Crippen LogP contribution in [-0.4, -0.2) is 36.5 Å². The molecule has 0 aromatic heterocycles. The molecule has 4 atom stereocenters. The van der Waals surface area contributed by atoms with E-state index in [9.17, 15) is 13.9 Å². The van der Waals surface area contributed by atoms with Crippen molar-refractivity contribution in [1.29, 1.82) is 0 Å². The van der Waals surface area contributed by atoms with Crippen molar-refractivity contribution in [3.63, 3.8) is 0 Å². The number of rotatable bonds is 6. The topological polar surface area (TPSA) is 52.8 Å². The van der Waals surface area contributed by atoms with E-state index in [-0.39, 0.29) is 29.8 Å². The lowest BCUT2D eigenvalue weighted by Gasteiger charge is -2.31. The second-order valence-electron chi connectivity index (χ2n) is 8.03. The van der Waals surface area contributed by atoms with Crippen LogP contribution in [0.5, 0.6) is 11.5 Å². The average molecular weight is 402 g/mol. The summed E-state index contributed by atoms with van der Waals surface area (Å²) in [5, 5.41) is 15.0. The number of hydrogen-bond acceptors (Lipinski definition) is 3. The summed E-state index contributed by atoms with van der Waals surface area (Å²) >= 11 is 0. The number of ether oxygens (including phenoxy) is 2. The summed E-state index contributed by atoms with van der Waals surface area (Å²) in [7, 11) is 0. The van der Waals surface area contributed by atoms with Gasteiger partial charge < -0.3 is 14.6 Å². The minimum Gasteiger partial charge on any atom is -0.490 e. The van der Waals surface area contributed by atoms with Gasteiger partial charge in [0.25, 0.3) is 0 Å². The molecule has 1 N–H and O–H groups in total. The van der Waals surface area contributed by atoms with Gasteiger partial charge in [0, 0.05) is 19.0 Å². The molecule has 4 nitrogen and oxygen atoms in total. The van der Waals surface area contributed by atoms with E-state index in [0.29, 0.717) is 31.7 Å². The Balaban J connectivity index is 1.24. The van der Waals surface area contributed by atoms with Crippen LogP contribution in [0.3, 0.4) is 0 Å². The van der Waals surface area contributed by atoms with Crippen LogP contribution < -0.4 is 14.8 Å². The fourth-order valence-corrected chi connectivity index (χ4v) is 4.07. The fourth-order valence-electron chi connectivity index (χ4n) is 4.07. The van der Waals surface area contributed by atoms with Gasteiger partial charge in [-0.25, -0.2) is 14.1 Å². The van der Waals surface area contributed by atoms with Crippen LogP contribution in [0.2, 0.25) is 0 Å². The van der Waals surface area contributed by atoms with Gasteiger partial charge in [0.2, 0.25) is 0 Å². The van der Waals surface area contributed by atoms with Crippen molar-refractivity contribution in [3.8, 4) is 11.5 Å². The van der Waals surface area contributed by atoms with Crippen molar-refractivity contribution in [2.24, 2.45) is 5.92 Å². The van der Waals surface area contributed by atoms with Gasteiger partial charge in [0.15, 0.2) is 0 Å². The fraction of sp³-hybridized carbons (Fsp3) is 0.478. The maximum absolute atomic E-state index is 13.3. The predicted octanol–water partition coefficient (Wildman–Crippen LogP) is 3.65. The SMILES string of the molecule is C[C@@H](C[N]C[C@H](O)[C@H]1CCc2cc(F)ccc2O1)C1CCc2cc(F)ccc2O1. The molecule has 0 bridgehead atoms. The second-order valence-corrected chi connectivity index (χ2v) is 8.03. The number of aliphatic hydroxyl groups excluding tert-OH is 1. The number of halogens is 2. The summed E-state index contributed by atoms with van der Waals surface area (Å²) in [6.45, 7) is 2.95. The van der Waals surface area contributed by atoms with Crippen LogP contribution in [0.1, 0.15) is 30.9 Å². The monoisotopic (exact) mass is 402 g/mol. The zero-order chi connectivity index (χ0) is 20.4. The molecule has 29 heavy (non-hydrogen) atoms. The molecule has 4 rings (SSSR count). The van der Waals surface area contributed by atoms with Gasteiger partial charge in [-0.15, -0.1) is 0 Å². The van der Waals surface area contributed by atoms with Crippen LogP contribution in [0.15, 0.2) is 36.4 Å². The average Bonchev–Trinajstić information content (AvgIpc) is 2.72. The summed E-state index contributed by atoms with van der Waals surface area (Å²) in [5.74, 6) is 1.07. The molecule has 1 unspecified atom stereocenters. The molecule has 0 spiro atoms. The largest absolute Gasteiger partial charge is 0.490 e. The highest BCUT2D eigenvalue weighted by molar-refractivity contribution is 5.36. The van der Waals surface area contributed by atoms with Crippen molar-refractivity contribution in [3.05, 3.63) is 59.2 Å². The van der Waals surface area contributed by atoms with Gasteiger partial charge in [-0.1, -0.05) is 6.92 Å². The van der Waals surface area contributed by atoms with Crippen molar-refractivity contribution in [2.45, 2.75) is 50.9 Å². The first-order valence-corrected chi connectivity index (χ1v) is 10.2. The first-order chi connectivity index (χ1) is 14.0. The van der Waals surface area contributed by atoms with E-state index in [1.807, 2.05) is 0 Å². The molecule has 1 radical (unpaired) electrons. The van der Waals surface area contributed by atoms with E-state index >= 15 is 0 Å². The van der Waals surface area contributed by atoms with E-state index in [2.05, 4.69) is 12.2 Å². The molecular formula is C23H26F2NO3. The highest BCUT2D eigenvalue weighted by Crippen LogP contribution is 2.31. The number of aryl methyl sites for hydroxylation is 2. The van der Waals surface area contributed by atoms with Gasteiger partial charge >= 0.3 is 0 Å². The maximum atomic E-state index is 13.3. The zero-order valence-electron chi connectivity index (χ0n) is 16.5. The lowest BCUT2D eigenvalue weighted by molar-refractivity contribution is 0.0221. The quantitative estimate of drug-likeness (QED) is 0.803. The number of hydrogen-bond donors (Lipinski definition) is 1. The summed E-state index contributed by atoms with van der Waals surface area (Å²) < 4.78 is 38.5. The van der Waals surface area contributed by atoms with E-state index < -0.39 is 6.10 Å². The Morgan fingerprint density at radius 2 is 1.48 bits per heavy atom. The van der Waals surface area contributed by atoms with Crippen LogP contribution in [0.4, 0.5) is 8.78 Å². The highest BCUT2D eigenvalue weighted by Gasteiger charge is 2.28. The lowest BCUT2D eigenvalue weighted by Crippen LogP contribution is -2.41. The molecule has 2 aliphatic heterocycles. The molecule has 2 aromatic rings. The Hall–Kier alpha value is -2.18. The Morgan fingerprint density at radius 1 is 0.931 bits per heavy atom. The number of nitrogens with zero attached hydrogens (tertiary/aromatic N) is 1. The third-order valence-electron chi connectivity index (χ3n) is 5.80. The second kappa shape index (κ2) is 8.67. The Kier molecular flexibility index (Phi) is 6.01. The van der Waals surface area contributed by atoms with Crippen LogP contribution >= 0.6 is 0 Å². The molecule has 0 fully saturated rings. The third kappa shape index (κ3) is 4.70. The third-order valence-corrected chi connectivity index (χ3v) is 5.80. The summed E-state index contributed by atoms with van der Waals surface area (Å²) in [6, 6.07) is 9.12. The highest BCUT2D eigenvalue weighted by atomic mass is 19.1. The van der Waals surface area contributed by atoms with Gasteiger partial charge in [-0.3, -0.25) is 0 Å². The smallest absolute Gasteiger partial charge is 0.126 e. The lowest BCUT2D eigenvalue weighted by atomic mass is 9.94.